The first-order chi connectivity index (χ1) is 7.59. The lowest BCUT2D eigenvalue weighted by molar-refractivity contribution is -0.0276. The van der Waals surface area contributed by atoms with Crippen molar-refractivity contribution < 1.29 is 19.1 Å². The minimum atomic E-state index is -0.480. The van der Waals surface area contributed by atoms with Gasteiger partial charge in [0.1, 0.15) is 12.2 Å². The highest BCUT2D eigenvalue weighted by Gasteiger charge is 2.28. The molecule has 2 rings (SSSR count). The summed E-state index contributed by atoms with van der Waals surface area (Å²) in [7, 11) is 0. The summed E-state index contributed by atoms with van der Waals surface area (Å²) >= 11 is 0. The highest BCUT2D eigenvalue weighted by molar-refractivity contribution is 6.03. The van der Waals surface area contributed by atoms with Gasteiger partial charge < -0.3 is 9.47 Å². The first-order valence-electron chi connectivity index (χ1n) is 5.10. The van der Waals surface area contributed by atoms with Crippen LogP contribution in [0.1, 0.15) is 34.6 Å². The van der Waals surface area contributed by atoms with E-state index in [0.29, 0.717) is 0 Å². The molecule has 0 fully saturated rings. The van der Waals surface area contributed by atoms with Crippen LogP contribution in [0.2, 0.25) is 0 Å². The predicted octanol–water partition coefficient (Wildman–Crippen LogP) is 1.79. The SMILES string of the molecule is CC1OC(=O)c2ccccc2C(=O)OC1C. The molecule has 16 heavy (non-hydrogen) atoms. The van der Waals surface area contributed by atoms with E-state index in [9.17, 15) is 9.59 Å². The second-order valence-electron chi connectivity index (χ2n) is 3.77. The van der Waals surface area contributed by atoms with E-state index in [1.165, 1.54) is 0 Å². The van der Waals surface area contributed by atoms with Gasteiger partial charge in [-0.25, -0.2) is 9.59 Å². The van der Waals surface area contributed by atoms with Crippen LogP contribution in [-0.4, -0.2) is 24.1 Å². The van der Waals surface area contributed by atoms with Crippen molar-refractivity contribution in [3.05, 3.63) is 35.4 Å². The zero-order valence-electron chi connectivity index (χ0n) is 9.10. The number of rotatable bonds is 0. The van der Waals surface area contributed by atoms with Gasteiger partial charge in [0.25, 0.3) is 0 Å². The number of cyclic esters (lactones) is 2. The third-order valence-electron chi connectivity index (χ3n) is 2.61. The standard InChI is InChI=1S/C12H12O4/c1-7-8(2)16-12(14)10-6-4-3-5-9(10)11(13)15-7/h3-8H,1-2H3. The molecule has 0 radical (unpaired) electrons. The molecular weight excluding hydrogens is 208 g/mol. The highest BCUT2D eigenvalue weighted by Crippen LogP contribution is 2.18. The van der Waals surface area contributed by atoms with Crippen LogP contribution in [0.4, 0.5) is 0 Å². The van der Waals surface area contributed by atoms with E-state index in [-0.39, 0.29) is 11.1 Å². The van der Waals surface area contributed by atoms with Crippen LogP contribution in [0.3, 0.4) is 0 Å². The fraction of sp³-hybridized carbons (Fsp3) is 0.333. The Hall–Kier alpha value is -1.84. The maximum Gasteiger partial charge on any atom is 0.339 e. The number of hydrogen-bond donors (Lipinski definition) is 0. The van der Waals surface area contributed by atoms with E-state index in [0.717, 1.165) is 0 Å². The average Bonchev–Trinajstić information content (AvgIpc) is 2.27. The number of fused-ring (bicyclic) bond motifs is 1. The van der Waals surface area contributed by atoms with Crippen LogP contribution in [0, 0.1) is 0 Å². The predicted molar refractivity (Wildman–Crippen MR) is 56.2 cm³/mol. The molecular formula is C12H12O4. The fourth-order valence-electron chi connectivity index (χ4n) is 1.50. The minimum absolute atomic E-state index is 0.256. The molecule has 1 aromatic rings. The molecule has 0 spiro atoms. The summed E-state index contributed by atoms with van der Waals surface area (Å²) in [6.45, 7) is 3.40. The van der Waals surface area contributed by atoms with Crippen molar-refractivity contribution >= 4 is 11.9 Å². The average molecular weight is 220 g/mol. The molecule has 1 aliphatic rings. The molecule has 84 valence electrons. The summed E-state index contributed by atoms with van der Waals surface area (Å²) < 4.78 is 10.3. The monoisotopic (exact) mass is 220 g/mol. The Kier molecular flexibility index (Phi) is 2.64. The fourth-order valence-corrected chi connectivity index (χ4v) is 1.50. The second kappa shape index (κ2) is 3.96. The van der Waals surface area contributed by atoms with Crippen LogP contribution in [0.15, 0.2) is 24.3 Å². The molecule has 1 aromatic carbocycles. The normalized spacial score (nSPS) is 24.9. The maximum atomic E-state index is 11.7. The number of esters is 2. The molecule has 2 atom stereocenters. The lowest BCUT2D eigenvalue weighted by atomic mass is 10.1. The summed E-state index contributed by atoms with van der Waals surface area (Å²) in [6, 6.07) is 6.48. The zero-order chi connectivity index (χ0) is 11.7. The number of hydrogen-bond acceptors (Lipinski definition) is 4. The quantitative estimate of drug-likeness (QED) is 0.625. The first kappa shape index (κ1) is 10.7. The molecule has 0 aliphatic carbocycles. The largest absolute Gasteiger partial charge is 0.455 e. The van der Waals surface area contributed by atoms with Crippen LogP contribution >= 0.6 is 0 Å². The highest BCUT2D eigenvalue weighted by atomic mass is 16.6. The van der Waals surface area contributed by atoms with Gasteiger partial charge in [-0.2, -0.15) is 0 Å². The molecule has 0 saturated heterocycles. The summed E-state index contributed by atoms with van der Waals surface area (Å²) in [6.07, 6.45) is -0.880. The van der Waals surface area contributed by atoms with Crippen molar-refractivity contribution in [3.8, 4) is 0 Å². The molecule has 4 nitrogen and oxygen atoms in total. The van der Waals surface area contributed by atoms with Gasteiger partial charge in [0.15, 0.2) is 0 Å². The topological polar surface area (TPSA) is 52.6 Å². The van der Waals surface area contributed by atoms with Crippen LogP contribution in [0.25, 0.3) is 0 Å². The Morgan fingerprint density at radius 1 is 0.875 bits per heavy atom. The van der Waals surface area contributed by atoms with Crippen molar-refractivity contribution in [1.82, 2.24) is 0 Å². The smallest absolute Gasteiger partial charge is 0.339 e. The summed E-state index contributed by atoms with van der Waals surface area (Å²) in [4.78, 5) is 23.5. The molecule has 2 unspecified atom stereocenters. The van der Waals surface area contributed by atoms with Gasteiger partial charge in [-0.3, -0.25) is 0 Å². The van der Waals surface area contributed by atoms with Crippen molar-refractivity contribution in [3.63, 3.8) is 0 Å². The van der Waals surface area contributed by atoms with E-state index in [2.05, 4.69) is 0 Å². The lowest BCUT2D eigenvalue weighted by Gasteiger charge is -2.24. The molecule has 0 saturated carbocycles. The minimum Gasteiger partial charge on any atom is -0.455 e. The third-order valence-corrected chi connectivity index (χ3v) is 2.61. The molecule has 0 bridgehead atoms. The zero-order valence-corrected chi connectivity index (χ0v) is 9.10. The Morgan fingerprint density at radius 3 is 1.62 bits per heavy atom. The van der Waals surface area contributed by atoms with E-state index in [1.807, 2.05) is 0 Å². The number of benzene rings is 1. The van der Waals surface area contributed by atoms with Gasteiger partial charge in [-0.05, 0) is 26.0 Å². The van der Waals surface area contributed by atoms with Crippen molar-refractivity contribution in [2.75, 3.05) is 0 Å². The summed E-state index contributed by atoms with van der Waals surface area (Å²) in [5, 5.41) is 0. The van der Waals surface area contributed by atoms with E-state index in [4.69, 9.17) is 9.47 Å². The number of carbonyl (C=O) groups is 2. The van der Waals surface area contributed by atoms with Gasteiger partial charge in [-0.15, -0.1) is 0 Å². The molecule has 0 N–H and O–H groups in total. The molecule has 1 aliphatic heterocycles. The lowest BCUT2D eigenvalue weighted by Crippen LogP contribution is -2.34. The van der Waals surface area contributed by atoms with Crippen molar-refractivity contribution in [2.24, 2.45) is 0 Å². The number of ether oxygens (including phenoxy) is 2. The van der Waals surface area contributed by atoms with Gasteiger partial charge in [0.2, 0.25) is 0 Å². The van der Waals surface area contributed by atoms with E-state index >= 15 is 0 Å². The van der Waals surface area contributed by atoms with Crippen molar-refractivity contribution in [2.45, 2.75) is 26.1 Å². The first-order valence-corrected chi connectivity index (χ1v) is 5.10. The molecule has 4 heteroatoms. The van der Waals surface area contributed by atoms with Gasteiger partial charge in [-0.1, -0.05) is 12.1 Å². The third kappa shape index (κ3) is 1.78. The van der Waals surface area contributed by atoms with E-state index in [1.54, 1.807) is 38.1 Å². The van der Waals surface area contributed by atoms with Crippen LogP contribution < -0.4 is 0 Å². The van der Waals surface area contributed by atoms with Crippen molar-refractivity contribution in [1.29, 1.82) is 0 Å². The molecule has 0 amide bonds. The second-order valence-corrected chi connectivity index (χ2v) is 3.77. The maximum absolute atomic E-state index is 11.7. The Labute approximate surface area is 93.2 Å². The van der Waals surface area contributed by atoms with Crippen LogP contribution in [0.5, 0.6) is 0 Å². The molecule has 0 aromatic heterocycles. The number of carbonyl (C=O) groups excluding carboxylic acids is 2. The van der Waals surface area contributed by atoms with Gasteiger partial charge in [0.05, 0.1) is 11.1 Å². The Bertz CT molecular complexity index is 397. The Morgan fingerprint density at radius 2 is 1.25 bits per heavy atom. The van der Waals surface area contributed by atoms with Gasteiger partial charge >= 0.3 is 11.9 Å². The molecule has 1 heterocycles. The van der Waals surface area contributed by atoms with E-state index < -0.39 is 24.1 Å². The summed E-state index contributed by atoms with van der Waals surface area (Å²) in [5.41, 5.74) is 0.512. The van der Waals surface area contributed by atoms with Crippen LogP contribution in [-0.2, 0) is 9.47 Å². The summed E-state index contributed by atoms with van der Waals surface area (Å²) in [5.74, 6) is -0.960. The van der Waals surface area contributed by atoms with Gasteiger partial charge in [0, 0.05) is 0 Å². The Balaban J connectivity index is 2.47.